The molecule has 0 saturated heterocycles. The Hall–Kier alpha value is -0.420. The van der Waals surface area contributed by atoms with Crippen LogP contribution in [0.15, 0.2) is 21.5 Å². The normalized spacial score (nSPS) is 15.4. The summed E-state index contributed by atoms with van der Waals surface area (Å²) in [7, 11) is 0.799. The van der Waals surface area contributed by atoms with Gasteiger partial charge in [0.25, 0.3) is 5.56 Å². The summed E-state index contributed by atoms with van der Waals surface area (Å²) in [5.41, 5.74) is 0.886. The van der Waals surface area contributed by atoms with E-state index < -0.39 is 10.8 Å². The van der Waals surface area contributed by atoms with E-state index in [2.05, 4.69) is 15.9 Å². The zero-order chi connectivity index (χ0) is 14.1. The van der Waals surface area contributed by atoms with Crippen molar-refractivity contribution in [3.8, 4) is 0 Å². The van der Waals surface area contributed by atoms with E-state index in [1.807, 2.05) is 27.7 Å². The molecular weight excluding hydrogens is 314 g/mol. The molecule has 102 valence electrons. The largest absolute Gasteiger partial charge is 0.317 e. The van der Waals surface area contributed by atoms with Gasteiger partial charge in [-0.05, 0) is 48.2 Å². The fourth-order valence-electron chi connectivity index (χ4n) is 1.56. The zero-order valence-corrected chi connectivity index (χ0v) is 13.9. The minimum absolute atomic E-state index is 0.0402. The minimum atomic E-state index is -0.918. The number of nitrogens with zero attached hydrogens (tertiary/aromatic N) is 1. The lowest BCUT2D eigenvalue weighted by Gasteiger charge is -2.21. The molecule has 3 nitrogen and oxygen atoms in total. The Kier molecular flexibility index (Phi) is 4.95. The molecule has 2 atom stereocenters. The predicted molar refractivity (Wildman–Crippen MR) is 80.6 cm³/mol. The van der Waals surface area contributed by atoms with Crippen molar-refractivity contribution >= 4 is 26.7 Å². The maximum atomic E-state index is 12.1. The van der Waals surface area contributed by atoms with Crippen molar-refractivity contribution in [2.75, 3.05) is 5.75 Å². The molecule has 0 aliphatic carbocycles. The lowest BCUT2D eigenvalue weighted by Crippen LogP contribution is -2.27. The highest BCUT2D eigenvalue weighted by atomic mass is 79.9. The Balaban J connectivity index is 2.99. The maximum absolute atomic E-state index is 12.1. The zero-order valence-electron chi connectivity index (χ0n) is 11.5. The van der Waals surface area contributed by atoms with E-state index in [4.69, 9.17) is 0 Å². The second kappa shape index (κ2) is 5.70. The molecule has 0 aliphatic rings. The van der Waals surface area contributed by atoms with Gasteiger partial charge >= 0.3 is 0 Å². The highest BCUT2D eigenvalue weighted by Crippen LogP contribution is 2.26. The monoisotopic (exact) mass is 333 g/mol. The topological polar surface area (TPSA) is 39.1 Å². The van der Waals surface area contributed by atoms with Gasteiger partial charge in [0.2, 0.25) is 0 Å². The molecule has 1 rings (SSSR count). The lowest BCUT2D eigenvalue weighted by molar-refractivity contribution is 0.642. The van der Waals surface area contributed by atoms with Crippen LogP contribution in [0.5, 0.6) is 0 Å². The van der Waals surface area contributed by atoms with Gasteiger partial charge in [0.15, 0.2) is 0 Å². The van der Waals surface area contributed by atoms with Gasteiger partial charge in [-0.15, -0.1) is 0 Å². The van der Waals surface area contributed by atoms with Gasteiger partial charge in [0.05, 0.1) is 0 Å². The lowest BCUT2D eigenvalue weighted by atomic mass is 10.1. The molecular formula is C13H20BrNO2S. The first-order valence-corrected chi connectivity index (χ1v) is 7.98. The van der Waals surface area contributed by atoms with E-state index in [9.17, 15) is 9.00 Å². The van der Waals surface area contributed by atoms with Crippen LogP contribution in [0, 0.1) is 0 Å². The fraction of sp³-hybridized carbons (Fsp3) is 0.615. The summed E-state index contributed by atoms with van der Waals surface area (Å²) in [6, 6.07) is 1.62. The number of rotatable bonds is 3. The molecule has 0 bridgehead atoms. The van der Waals surface area contributed by atoms with Crippen molar-refractivity contribution in [2.45, 2.75) is 38.4 Å². The van der Waals surface area contributed by atoms with Crippen LogP contribution in [0.2, 0.25) is 0 Å². The Morgan fingerprint density at radius 2 is 2.00 bits per heavy atom. The average molecular weight is 334 g/mol. The average Bonchev–Trinajstić information content (AvgIpc) is 2.21. The standard InChI is InChI=1S/C13H20BrNO2S/c1-9(8-18(17)13(2,3)4)10-6-12(16)15(5)7-11(10)14/h6-7,9H,8H2,1-5H3/t9?,18-/m1/s1. The Morgan fingerprint density at radius 1 is 1.44 bits per heavy atom. The van der Waals surface area contributed by atoms with Crippen molar-refractivity contribution in [3.05, 3.63) is 32.7 Å². The summed E-state index contributed by atoms with van der Waals surface area (Å²) in [6.07, 6.45) is 1.76. The van der Waals surface area contributed by atoms with Crippen molar-refractivity contribution in [2.24, 2.45) is 7.05 Å². The molecule has 0 radical (unpaired) electrons. The second-order valence-electron chi connectivity index (χ2n) is 5.55. The van der Waals surface area contributed by atoms with E-state index in [1.165, 1.54) is 4.57 Å². The van der Waals surface area contributed by atoms with Crippen molar-refractivity contribution < 1.29 is 4.21 Å². The number of aromatic nitrogens is 1. The van der Waals surface area contributed by atoms with Crippen molar-refractivity contribution in [1.82, 2.24) is 4.57 Å². The SMILES string of the molecule is CC(C[S@@](=O)C(C)(C)C)c1cc(=O)n(C)cc1Br. The van der Waals surface area contributed by atoms with E-state index in [0.29, 0.717) is 5.75 Å². The quantitative estimate of drug-likeness (QED) is 0.853. The van der Waals surface area contributed by atoms with Crippen LogP contribution in [0.3, 0.4) is 0 Å². The van der Waals surface area contributed by atoms with Crippen LogP contribution in [-0.4, -0.2) is 19.3 Å². The molecule has 0 amide bonds. The van der Waals surface area contributed by atoms with Crippen molar-refractivity contribution in [1.29, 1.82) is 0 Å². The molecule has 1 unspecified atom stereocenters. The summed E-state index contributed by atoms with van der Waals surface area (Å²) >= 11 is 3.46. The van der Waals surface area contributed by atoms with Gasteiger partial charge in [-0.3, -0.25) is 9.00 Å². The molecule has 0 saturated carbocycles. The summed E-state index contributed by atoms with van der Waals surface area (Å²) in [5, 5.41) is 0. The molecule has 1 aromatic rings. The molecule has 18 heavy (non-hydrogen) atoms. The van der Waals surface area contributed by atoms with Gasteiger partial charge in [0, 0.05) is 45.1 Å². The number of aryl methyl sites for hydroxylation is 1. The van der Waals surface area contributed by atoms with Gasteiger partial charge in [-0.2, -0.15) is 0 Å². The number of hydrogen-bond acceptors (Lipinski definition) is 2. The van der Waals surface area contributed by atoms with E-state index in [-0.39, 0.29) is 16.2 Å². The second-order valence-corrected chi connectivity index (χ2v) is 8.65. The third-order valence-electron chi connectivity index (χ3n) is 2.82. The Bertz CT molecular complexity index is 517. The van der Waals surface area contributed by atoms with Gasteiger partial charge in [-0.25, -0.2) is 0 Å². The smallest absolute Gasteiger partial charge is 0.250 e. The predicted octanol–water partition coefficient (Wildman–Crippen LogP) is 2.80. The van der Waals surface area contributed by atoms with Crippen LogP contribution in [-0.2, 0) is 17.8 Å². The van der Waals surface area contributed by atoms with Crippen LogP contribution >= 0.6 is 15.9 Å². The molecule has 1 aromatic heterocycles. The molecule has 0 spiro atoms. The Labute approximate surface area is 119 Å². The van der Waals surface area contributed by atoms with Crippen LogP contribution < -0.4 is 5.56 Å². The van der Waals surface area contributed by atoms with Gasteiger partial charge in [-0.1, -0.05) is 6.92 Å². The molecule has 0 N–H and O–H groups in total. The first kappa shape index (κ1) is 15.6. The van der Waals surface area contributed by atoms with E-state index in [0.717, 1.165) is 10.0 Å². The van der Waals surface area contributed by atoms with Crippen LogP contribution in [0.4, 0.5) is 0 Å². The van der Waals surface area contributed by atoms with Gasteiger partial charge < -0.3 is 4.57 Å². The summed E-state index contributed by atoms with van der Waals surface area (Å²) in [6.45, 7) is 7.90. The van der Waals surface area contributed by atoms with E-state index in [1.54, 1.807) is 19.3 Å². The van der Waals surface area contributed by atoms with Crippen molar-refractivity contribution in [3.63, 3.8) is 0 Å². The summed E-state index contributed by atoms with van der Waals surface area (Å²) in [4.78, 5) is 11.6. The summed E-state index contributed by atoms with van der Waals surface area (Å²) in [5.74, 6) is 0.656. The summed E-state index contributed by atoms with van der Waals surface area (Å²) < 4.78 is 14.3. The number of halogens is 1. The number of pyridine rings is 1. The minimum Gasteiger partial charge on any atom is -0.317 e. The highest BCUT2D eigenvalue weighted by molar-refractivity contribution is 9.10. The molecule has 5 heteroatoms. The maximum Gasteiger partial charge on any atom is 0.250 e. The fourth-order valence-corrected chi connectivity index (χ4v) is 3.50. The van der Waals surface area contributed by atoms with Gasteiger partial charge in [0.1, 0.15) is 0 Å². The molecule has 0 fully saturated rings. The molecule has 0 aromatic carbocycles. The number of hydrogen-bond donors (Lipinski definition) is 0. The highest BCUT2D eigenvalue weighted by Gasteiger charge is 2.23. The first-order chi connectivity index (χ1) is 8.12. The first-order valence-electron chi connectivity index (χ1n) is 5.87. The molecule has 1 heterocycles. The van der Waals surface area contributed by atoms with Crippen LogP contribution in [0.1, 0.15) is 39.2 Å². The van der Waals surface area contributed by atoms with E-state index >= 15 is 0 Å². The Morgan fingerprint density at radius 3 is 2.50 bits per heavy atom. The third-order valence-corrected chi connectivity index (χ3v) is 5.66. The third kappa shape index (κ3) is 3.79. The molecule has 0 aliphatic heterocycles. The van der Waals surface area contributed by atoms with Crippen LogP contribution in [0.25, 0.3) is 0 Å².